The van der Waals surface area contributed by atoms with Gasteiger partial charge in [0.15, 0.2) is 0 Å². The number of benzene rings is 1. The van der Waals surface area contributed by atoms with Crippen molar-refractivity contribution >= 4 is 34.3 Å². The highest BCUT2D eigenvalue weighted by molar-refractivity contribution is 7.09. The monoisotopic (exact) mass is 371 g/mol. The highest BCUT2D eigenvalue weighted by Gasteiger charge is 2.19. The Morgan fingerprint density at radius 1 is 1.20 bits per heavy atom. The van der Waals surface area contributed by atoms with Crippen LogP contribution in [0.3, 0.4) is 0 Å². The second kappa shape index (κ2) is 7.80. The molecule has 25 heavy (non-hydrogen) atoms. The fourth-order valence-corrected chi connectivity index (χ4v) is 4.06. The lowest BCUT2D eigenvalue weighted by Crippen LogP contribution is -2.30. The van der Waals surface area contributed by atoms with E-state index in [0.29, 0.717) is 5.56 Å². The molecule has 1 aromatic carbocycles. The molecule has 130 valence electrons. The Hall–Kier alpha value is -2.18. The molecular weight excluding hydrogens is 350 g/mol. The third-order valence-electron chi connectivity index (χ3n) is 3.91. The van der Waals surface area contributed by atoms with Crippen LogP contribution in [-0.4, -0.2) is 25.0 Å². The molecule has 1 atom stereocenters. The Morgan fingerprint density at radius 3 is 2.52 bits per heavy atom. The van der Waals surface area contributed by atoms with Crippen molar-refractivity contribution in [3.05, 3.63) is 68.3 Å². The highest BCUT2D eigenvalue weighted by Crippen LogP contribution is 2.24. The van der Waals surface area contributed by atoms with Gasteiger partial charge in [0, 0.05) is 42.8 Å². The summed E-state index contributed by atoms with van der Waals surface area (Å²) >= 11 is 3.26. The van der Waals surface area contributed by atoms with Crippen LogP contribution in [-0.2, 0) is 6.42 Å². The number of rotatable bonds is 6. The molecule has 0 bridgehead atoms. The first-order chi connectivity index (χ1) is 12.0. The van der Waals surface area contributed by atoms with Gasteiger partial charge >= 0.3 is 0 Å². The van der Waals surface area contributed by atoms with E-state index in [-0.39, 0.29) is 11.9 Å². The van der Waals surface area contributed by atoms with Gasteiger partial charge in [0.2, 0.25) is 0 Å². The molecule has 0 aliphatic rings. The molecule has 0 fully saturated rings. The minimum atomic E-state index is -0.116. The van der Waals surface area contributed by atoms with Crippen molar-refractivity contribution in [1.29, 1.82) is 0 Å². The Balaban J connectivity index is 1.78. The van der Waals surface area contributed by atoms with Gasteiger partial charge in [0.05, 0.1) is 6.04 Å². The fraction of sp³-hybridized carbons (Fsp3) is 0.263. The predicted octanol–water partition coefficient (Wildman–Crippen LogP) is 4.29. The summed E-state index contributed by atoms with van der Waals surface area (Å²) in [6.07, 6.45) is 0.748. The van der Waals surface area contributed by atoms with Crippen LogP contribution >= 0.6 is 22.7 Å². The first kappa shape index (κ1) is 17.6. The average molecular weight is 372 g/mol. The molecule has 0 unspecified atom stereocenters. The highest BCUT2D eigenvalue weighted by atomic mass is 32.1. The third-order valence-corrected chi connectivity index (χ3v) is 5.71. The van der Waals surface area contributed by atoms with Gasteiger partial charge in [-0.1, -0.05) is 0 Å². The number of nitrogens with zero attached hydrogens (tertiary/aromatic N) is 2. The maximum atomic E-state index is 12.7. The Bertz CT molecular complexity index is 823. The lowest BCUT2D eigenvalue weighted by molar-refractivity contribution is 0.0936. The maximum absolute atomic E-state index is 12.7. The fourth-order valence-electron chi connectivity index (χ4n) is 2.53. The standard InChI is InChI=1S/C19H21N3OS2/c1-13-11-25-19(20-13)17(10-14-8-9-24-12-14)21-18(23)15-4-6-16(7-5-15)22(2)3/h4-9,11-12,17H,10H2,1-3H3,(H,21,23)/t17-/m0/s1. The molecule has 1 N–H and O–H groups in total. The molecule has 3 aromatic rings. The maximum Gasteiger partial charge on any atom is 0.251 e. The summed E-state index contributed by atoms with van der Waals surface area (Å²) in [5, 5.41) is 10.3. The first-order valence-electron chi connectivity index (χ1n) is 8.04. The topological polar surface area (TPSA) is 45.2 Å². The first-order valence-corrected chi connectivity index (χ1v) is 9.86. The smallest absolute Gasteiger partial charge is 0.251 e. The van der Waals surface area contributed by atoms with Gasteiger partial charge in [0.1, 0.15) is 5.01 Å². The van der Waals surface area contributed by atoms with Crippen LogP contribution in [0.25, 0.3) is 0 Å². The number of aromatic nitrogens is 1. The average Bonchev–Trinajstić information content (AvgIpc) is 3.26. The van der Waals surface area contributed by atoms with Crippen LogP contribution < -0.4 is 10.2 Å². The molecule has 0 saturated carbocycles. The van der Waals surface area contributed by atoms with Gasteiger partial charge < -0.3 is 10.2 Å². The second-order valence-electron chi connectivity index (χ2n) is 6.13. The van der Waals surface area contributed by atoms with Crippen molar-refractivity contribution in [2.75, 3.05) is 19.0 Å². The van der Waals surface area contributed by atoms with Gasteiger partial charge in [-0.15, -0.1) is 11.3 Å². The van der Waals surface area contributed by atoms with Crippen molar-refractivity contribution in [3.63, 3.8) is 0 Å². The Kier molecular flexibility index (Phi) is 5.50. The summed E-state index contributed by atoms with van der Waals surface area (Å²) < 4.78 is 0. The lowest BCUT2D eigenvalue weighted by Gasteiger charge is -2.17. The van der Waals surface area contributed by atoms with E-state index >= 15 is 0 Å². The van der Waals surface area contributed by atoms with E-state index in [0.717, 1.165) is 22.8 Å². The summed E-state index contributed by atoms with van der Waals surface area (Å²) in [6.45, 7) is 1.98. The van der Waals surface area contributed by atoms with Crippen LogP contribution in [0.1, 0.15) is 32.7 Å². The molecule has 0 aliphatic carbocycles. The number of nitrogens with one attached hydrogen (secondary N) is 1. The number of thiazole rings is 1. The summed E-state index contributed by atoms with van der Waals surface area (Å²) in [7, 11) is 3.97. The van der Waals surface area contributed by atoms with Crippen molar-refractivity contribution in [1.82, 2.24) is 10.3 Å². The van der Waals surface area contributed by atoms with E-state index in [1.54, 1.807) is 22.7 Å². The summed E-state index contributed by atoms with van der Waals surface area (Å²) in [4.78, 5) is 19.3. The molecule has 2 aromatic heterocycles. The number of amides is 1. The van der Waals surface area contributed by atoms with Crippen LogP contribution in [0.5, 0.6) is 0 Å². The Labute approximate surface area is 156 Å². The van der Waals surface area contributed by atoms with E-state index in [4.69, 9.17) is 0 Å². The second-order valence-corrected chi connectivity index (χ2v) is 7.80. The van der Waals surface area contributed by atoms with Crippen molar-refractivity contribution in [2.45, 2.75) is 19.4 Å². The minimum Gasteiger partial charge on any atom is -0.378 e. The quantitative estimate of drug-likeness (QED) is 0.703. The van der Waals surface area contributed by atoms with Crippen molar-refractivity contribution < 1.29 is 4.79 Å². The normalized spacial score (nSPS) is 12.0. The molecule has 3 rings (SSSR count). The SMILES string of the molecule is Cc1csc([C@H](Cc2ccsc2)NC(=O)c2ccc(N(C)C)cc2)n1. The van der Waals surface area contributed by atoms with E-state index in [9.17, 15) is 4.79 Å². The molecule has 0 aliphatic heterocycles. The molecular formula is C19H21N3OS2. The number of hydrogen-bond donors (Lipinski definition) is 1. The molecule has 0 saturated heterocycles. The molecule has 0 radical (unpaired) electrons. The van der Waals surface area contributed by atoms with Crippen LogP contribution in [0.15, 0.2) is 46.5 Å². The zero-order valence-electron chi connectivity index (χ0n) is 14.5. The minimum absolute atomic E-state index is 0.0709. The van der Waals surface area contributed by atoms with E-state index in [1.165, 1.54) is 5.56 Å². The molecule has 4 nitrogen and oxygen atoms in total. The van der Waals surface area contributed by atoms with Crippen LogP contribution in [0.2, 0.25) is 0 Å². The van der Waals surface area contributed by atoms with Gasteiger partial charge in [-0.05, 0) is 53.6 Å². The number of carbonyl (C=O) groups is 1. The molecule has 6 heteroatoms. The van der Waals surface area contributed by atoms with Gasteiger partial charge in [-0.3, -0.25) is 4.79 Å². The predicted molar refractivity (Wildman–Crippen MR) is 106 cm³/mol. The van der Waals surface area contributed by atoms with Crippen molar-refractivity contribution in [2.24, 2.45) is 0 Å². The number of carbonyl (C=O) groups excluding carboxylic acids is 1. The van der Waals surface area contributed by atoms with Crippen LogP contribution in [0, 0.1) is 6.92 Å². The third kappa shape index (κ3) is 4.46. The van der Waals surface area contributed by atoms with Gasteiger partial charge in [0.25, 0.3) is 5.91 Å². The zero-order valence-corrected chi connectivity index (χ0v) is 16.2. The summed E-state index contributed by atoms with van der Waals surface area (Å²) in [5.74, 6) is -0.0709. The lowest BCUT2D eigenvalue weighted by atomic mass is 10.1. The zero-order chi connectivity index (χ0) is 17.8. The summed E-state index contributed by atoms with van der Waals surface area (Å²) in [5.41, 5.74) is 3.93. The van der Waals surface area contributed by atoms with E-state index in [2.05, 4.69) is 27.1 Å². The van der Waals surface area contributed by atoms with Gasteiger partial charge in [-0.25, -0.2) is 4.98 Å². The number of hydrogen-bond acceptors (Lipinski definition) is 5. The summed E-state index contributed by atoms with van der Waals surface area (Å²) in [6, 6.07) is 9.61. The molecule has 2 heterocycles. The van der Waals surface area contributed by atoms with Crippen molar-refractivity contribution in [3.8, 4) is 0 Å². The molecule has 0 spiro atoms. The van der Waals surface area contributed by atoms with E-state index < -0.39 is 0 Å². The number of aryl methyl sites for hydroxylation is 1. The Morgan fingerprint density at radius 2 is 1.96 bits per heavy atom. The van der Waals surface area contributed by atoms with Crippen LogP contribution in [0.4, 0.5) is 5.69 Å². The largest absolute Gasteiger partial charge is 0.378 e. The van der Waals surface area contributed by atoms with Gasteiger partial charge in [-0.2, -0.15) is 11.3 Å². The number of thiophene rings is 1. The number of anilines is 1. The van der Waals surface area contributed by atoms with E-state index in [1.807, 2.05) is 55.6 Å². The molecule has 1 amide bonds.